The van der Waals surface area contributed by atoms with Gasteiger partial charge in [0.25, 0.3) is 5.91 Å². The Balaban J connectivity index is 1.60. The normalized spacial score (nSPS) is 25.2. The van der Waals surface area contributed by atoms with Gasteiger partial charge in [0.2, 0.25) is 5.78 Å². The highest BCUT2D eigenvalue weighted by atomic mass is 16.4. The standard InChI is InChI=1S/C31H38N4O8/c1-13-7-17(43-14(13)2)12-33-11-16-10-20(34(3)4)18-8-15-9-19-24(35(5)6)27(38)23(30(32)41)29(40)31(19,42)28(39)21(15)26(37)22(18)25(16)36/h7,10,15,19,24,33,36,38-39,42H,8-9,11-12H2,1-6H3,(H2,32,41)/t15-,19-,24-,31-/m0/s1. The Morgan fingerprint density at radius 2 is 1.79 bits per heavy atom. The number of phenolic OH excluding ortho intramolecular Hbond substituents is 1. The highest BCUT2D eigenvalue weighted by molar-refractivity contribution is 6.25. The number of likely N-dealkylation sites (N-methyl/N-ethyl adjacent to an activating group) is 1. The minimum absolute atomic E-state index is 0.0199. The summed E-state index contributed by atoms with van der Waals surface area (Å²) in [6.07, 6.45) is 0.249. The second-order valence-corrected chi connectivity index (χ2v) is 12.2. The monoisotopic (exact) mass is 594 g/mol. The van der Waals surface area contributed by atoms with E-state index in [0.717, 1.165) is 17.1 Å². The number of allylic oxidation sites excluding steroid dienone is 1. The summed E-state index contributed by atoms with van der Waals surface area (Å²) in [5.74, 6) is -5.17. The third-order valence-corrected chi connectivity index (χ3v) is 9.09. The van der Waals surface area contributed by atoms with Crippen LogP contribution in [-0.4, -0.2) is 82.6 Å². The third kappa shape index (κ3) is 4.52. The molecule has 0 saturated heterocycles. The third-order valence-electron chi connectivity index (χ3n) is 9.09. The maximum atomic E-state index is 14.1. The van der Waals surface area contributed by atoms with Crippen molar-refractivity contribution in [2.75, 3.05) is 33.1 Å². The predicted octanol–water partition coefficient (Wildman–Crippen LogP) is 1.69. The van der Waals surface area contributed by atoms with Gasteiger partial charge in [0.05, 0.1) is 18.2 Å². The molecular formula is C31H38N4O8. The van der Waals surface area contributed by atoms with E-state index in [0.29, 0.717) is 23.4 Å². The molecule has 7 N–H and O–H groups in total. The number of hydrogen-bond acceptors (Lipinski definition) is 11. The van der Waals surface area contributed by atoms with Crippen molar-refractivity contribution in [3.05, 3.63) is 68.6 Å². The van der Waals surface area contributed by atoms with Gasteiger partial charge in [0.1, 0.15) is 34.4 Å². The fraction of sp³-hybridized carbons (Fsp3) is 0.452. The number of fused-ring (bicyclic) bond motifs is 3. The van der Waals surface area contributed by atoms with Crippen molar-refractivity contribution in [3.8, 4) is 5.75 Å². The first-order chi connectivity index (χ1) is 20.1. The summed E-state index contributed by atoms with van der Waals surface area (Å²) in [5.41, 5.74) is 4.42. The van der Waals surface area contributed by atoms with Gasteiger partial charge in [-0.2, -0.15) is 0 Å². The van der Waals surface area contributed by atoms with Gasteiger partial charge in [-0.3, -0.25) is 19.3 Å². The molecular weight excluding hydrogens is 556 g/mol. The van der Waals surface area contributed by atoms with Gasteiger partial charge in [-0.1, -0.05) is 0 Å². The number of benzene rings is 1. The van der Waals surface area contributed by atoms with E-state index < -0.39 is 58.0 Å². The Labute approximate surface area is 249 Å². The average molecular weight is 595 g/mol. The summed E-state index contributed by atoms with van der Waals surface area (Å²) in [5, 5.41) is 48.9. The van der Waals surface area contributed by atoms with Crippen molar-refractivity contribution >= 4 is 23.2 Å². The number of aromatic hydroxyl groups is 1. The Kier molecular flexibility index (Phi) is 7.44. The summed E-state index contributed by atoms with van der Waals surface area (Å²) < 4.78 is 5.71. The van der Waals surface area contributed by atoms with Gasteiger partial charge in [-0.05, 0) is 70.0 Å². The van der Waals surface area contributed by atoms with E-state index in [4.69, 9.17) is 10.2 Å². The number of Topliss-reactive ketones (excluding diaryl/α,β-unsaturated/α-hetero) is 2. The zero-order valence-corrected chi connectivity index (χ0v) is 25.1. The number of anilines is 1. The summed E-state index contributed by atoms with van der Waals surface area (Å²) >= 11 is 0. The summed E-state index contributed by atoms with van der Waals surface area (Å²) in [4.78, 5) is 43.2. The molecule has 4 atom stereocenters. The van der Waals surface area contributed by atoms with Gasteiger partial charge >= 0.3 is 0 Å². The van der Waals surface area contributed by atoms with E-state index in [-0.39, 0.29) is 36.3 Å². The van der Waals surface area contributed by atoms with Gasteiger partial charge in [0.15, 0.2) is 11.4 Å². The number of aryl methyl sites for hydroxylation is 2. The molecule has 0 radical (unpaired) electrons. The van der Waals surface area contributed by atoms with Crippen molar-refractivity contribution in [1.82, 2.24) is 10.2 Å². The molecule has 1 amide bonds. The minimum atomic E-state index is -2.68. The molecule has 1 aromatic heterocycles. The number of aliphatic hydroxyl groups is 3. The first-order valence-corrected chi connectivity index (χ1v) is 14.1. The first-order valence-electron chi connectivity index (χ1n) is 14.1. The smallest absolute Gasteiger partial charge is 0.255 e. The molecule has 1 aromatic carbocycles. The number of nitrogens with one attached hydrogen (secondary N) is 1. The number of primary amides is 1. The van der Waals surface area contributed by atoms with Gasteiger partial charge < -0.3 is 40.8 Å². The second kappa shape index (κ2) is 10.5. The number of amides is 1. The van der Waals surface area contributed by atoms with E-state index in [2.05, 4.69) is 5.32 Å². The largest absolute Gasteiger partial charge is 0.510 e. The molecule has 3 aliphatic carbocycles. The van der Waals surface area contributed by atoms with Crippen LogP contribution in [0.25, 0.3) is 0 Å². The number of carbonyl (C=O) groups excluding carboxylic acids is 3. The van der Waals surface area contributed by atoms with Crippen molar-refractivity contribution in [2.24, 2.45) is 17.6 Å². The number of carbonyl (C=O) groups is 3. The lowest BCUT2D eigenvalue weighted by Crippen LogP contribution is -2.63. The fourth-order valence-corrected chi connectivity index (χ4v) is 6.94. The van der Waals surface area contributed by atoms with Gasteiger partial charge in [0, 0.05) is 43.4 Å². The lowest BCUT2D eigenvalue weighted by atomic mass is 9.58. The molecule has 3 aliphatic rings. The quantitative estimate of drug-likeness (QED) is 0.256. The Hall–Kier alpha value is -4.13. The number of aliphatic hydroxyl groups excluding tert-OH is 2. The first kappa shape index (κ1) is 30.3. The molecule has 12 nitrogen and oxygen atoms in total. The molecule has 0 spiro atoms. The van der Waals surface area contributed by atoms with Crippen LogP contribution in [0.2, 0.25) is 0 Å². The van der Waals surface area contributed by atoms with Gasteiger partial charge in [-0.25, -0.2) is 0 Å². The average Bonchev–Trinajstić information content (AvgIpc) is 3.23. The highest BCUT2D eigenvalue weighted by Crippen LogP contribution is 2.53. The maximum absolute atomic E-state index is 14.1. The molecule has 5 rings (SSSR count). The van der Waals surface area contributed by atoms with Crippen molar-refractivity contribution < 1.29 is 39.2 Å². The zero-order valence-electron chi connectivity index (χ0n) is 25.1. The van der Waals surface area contributed by atoms with Crippen molar-refractivity contribution in [1.29, 1.82) is 0 Å². The Morgan fingerprint density at radius 1 is 1.12 bits per heavy atom. The summed E-state index contributed by atoms with van der Waals surface area (Å²) in [7, 11) is 6.83. The predicted molar refractivity (Wildman–Crippen MR) is 157 cm³/mol. The molecule has 12 heteroatoms. The lowest BCUT2D eigenvalue weighted by Gasteiger charge is -2.50. The van der Waals surface area contributed by atoms with Crippen LogP contribution in [0.4, 0.5) is 5.69 Å². The van der Waals surface area contributed by atoms with Crippen LogP contribution in [-0.2, 0) is 29.1 Å². The van der Waals surface area contributed by atoms with Crippen LogP contribution < -0.4 is 16.0 Å². The van der Waals surface area contributed by atoms with Crippen LogP contribution in [0.1, 0.15) is 45.0 Å². The molecule has 0 saturated carbocycles. The van der Waals surface area contributed by atoms with E-state index in [1.165, 1.54) is 4.90 Å². The Morgan fingerprint density at radius 3 is 2.35 bits per heavy atom. The number of ketones is 2. The van der Waals surface area contributed by atoms with Crippen molar-refractivity contribution in [2.45, 2.75) is 51.4 Å². The second-order valence-electron chi connectivity index (χ2n) is 12.2. The van der Waals surface area contributed by atoms with Crippen LogP contribution in [0.3, 0.4) is 0 Å². The van der Waals surface area contributed by atoms with Crippen LogP contribution in [0.5, 0.6) is 5.75 Å². The lowest BCUT2D eigenvalue weighted by molar-refractivity contribution is -0.148. The highest BCUT2D eigenvalue weighted by Gasteiger charge is 2.63. The number of phenols is 1. The SMILES string of the molecule is Cc1cc(CNCc2cc(N(C)C)c3c(c2O)C(=O)C2=C(O)[C@]4(O)C(=O)C(C(N)=O)=C(O)[C@@H](N(C)C)[C@@H]4C[C@@H]2C3)oc1C. The van der Waals surface area contributed by atoms with Crippen LogP contribution in [0, 0.1) is 25.7 Å². The van der Waals surface area contributed by atoms with E-state index in [9.17, 15) is 34.8 Å². The summed E-state index contributed by atoms with van der Waals surface area (Å²) in [6, 6.07) is 2.69. The van der Waals surface area contributed by atoms with E-state index in [1.54, 1.807) is 20.2 Å². The van der Waals surface area contributed by atoms with Crippen LogP contribution >= 0.6 is 0 Å². The number of rotatable bonds is 7. The number of nitrogens with two attached hydrogens (primary N) is 1. The molecule has 0 aliphatic heterocycles. The molecule has 0 fully saturated rings. The Bertz CT molecular complexity index is 1600. The zero-order chi connectivity index (χ0) is 31.7. The summed E-state index contributed by atoms with van der Waals surface area (Å²) in [6.45, 7) is 4.40. The molecule has 0 unspecified atom stereocenters. The van der Waals surface area contributed by atoms with E-state index >= 15 is 0 Å². The molecule has 230 valence electrons. The molecule has 2 aromatic rings. The van der Waals surface area contributed by atoms with Crippen molar-refractivity contribution in [3.63, 3.8) is 0 Å². The number of hydrogen-bond donors (Lipinski definition) is 6. The van der Waals surface area contributed by atoms with Gasteiger partial charge in [-0.15, -0.1) is 0 Å². The van der Waals surface area contributed by atoms with E-state index in [1.807, 2.05) is 38.9 Å². The molecule has 1 heterocycles. The molecule has 43 heavy (non-hydrogen) atoms. The fourth-order valence-electron chi connectivity index (χ4n) is 6.94. The number of nitrogens with zero attached hydrogens (tertiary/aromatic N) is 2. The van der Waals surface area contributed by atoms with Crippen LogP contribution in [0.15, 0.2) is 39.2 Å². The maximum Gasteiger partial charge on any atom is 0.255 e. The minimum Gasteiger partial charge on any atom is -0.510 e. The molecule has 0 bridgehead atoms. The number of furan rings is 1. The topological polar surface area (TPSA) is 190 Å².